The number of halogens is 10. The zero-order chi connectivity index (χ0) is 54.2. The SMILES string of the molecule is COc1c(OC(=O)CC23CC4CC(CC(C4)C2C)C3)cccc1[S+](c1ccccc1)c1cccc(OC(=O)CC23CC4CC(CC(C4)C2C)C3)c1OC.O=S(=O)([N-]S(=O)(=O)C(F)(F)C(F)(F)F)C(F)(F)C(F)(F)F. The molecule has 8 aliphatic carbocycles. The highest BCUT2D eigenvalue weighted by atomic mass is 32.3. The van der Waals surface area contributed by atoms with Crippen molar-refractivity contribution < 1.29 is 89.3 Å². The molecule has 0 spiro atoms. The third kappa shape index (κ3) is 10.2. The van der Waals surface area contributed by atoms with Crippen LogP contribution in [0.15, 0.2) is 81.4 Å². The molecular weight excluding hydrogens is 1060 g/mol. The predicted octanol–water partition coefficient (Wildman–Crippen LogP) is 12.6. The minimum Gasteiger partial charge on any atom is -0.489 e. The molecule has 408 valence electrons. The number of alkyl halides is 10. The van der Waals surface area contributed by atoms with Gasteiger partial charge in [-0.1, -0.05) is 44.2 Å². The van der Waals surface area contributed by atoms with Gasteiger partial charge < -0.3 is 23.1 Å². The molecule has 0 N–H and O–H groups in total. The number of methoxy groups -OCH3 is 2. The van der Waals surface area contributed by atoms with Crippen LogP contribution in [0.2, 0.25) is 0 Å². The summed E-state index contributed by atoms with van der Waals surface area (Å²) >= 11 is 0. The normalized spacial score (nSPS) is 29.8. The van der Waals surface area contributed by atoms with E-state index < -0.39 is 53.8 Å². The van der Waals surface area contributed by atoms with E-state index >= 15 is 0 Å². The summed E-state index contributed by atoms with van der Waals surface area (Å²) in [6, 6.07) is 21.9. The Morgan fingerprint density at radius 2 is 0.905 bits per heavy atom. The molecule has 24 heteroatoms. The first-order valence-electron chi connectivity index (χ1n) is 24.0. The van der Waals surface area contributed by atoms with E-state index in [4.69, 9.17) is 18.9 Å². The third-order valence-electron chi connectivity index (χ3n) is 16.7. The molecule has 11 rings (SSSR count). The van der Waals surface area contributed by atoms with Gasteiger partial charge in [0, 0.05) is 0 Å². The summed E-state index contributed by atoms with van der Waals surface area (Å²) in [5.74, 6) is 7.20. The second kappa shape index (κ2) is 19.9. The van der Waals surface area contributed by atoms with Crippen molar-refractivity contribution in [1.29, 1.82) is 0 Å². The predicted molar refractivity (Wildman–Crippen MR) is 249 cm³/mol. The fourth-order valence-electron chi connectivity index (χ4n) is 13.7. The third-order valence-corrected chi connectivity index (χ3v) is 22.3. The number of nitrogens with zero attached hydrogens (tertiary/aromatic N) is 1. The van der Waals surface area contributed by atoms with Crippen LogP contribution < -0.4 is 18.9 Å². The first-order chi connectivity index (χ1) is 34.4. The summed E-state index contributed by atoms with van der Waals surface area (Å²) in [4.78, 5) is 30.6. The lowest BCUT2D eigenvalue weighted by Gasteiger charge is -2.60. The van der Waals surface area contributed by atoms with Gasteiger partial charge in [-0.15, -0.1) is 0 Å². The van der Waals surface area contributed by atoms with Crippen LogP contribution in [0, 0.1) is 58.2 Å². The van der Waals surface area contributed by atoms with E-state index in [1.54, 1.807) is 14.2 Å². The molecule has 3 aromatic carbocycles. The molecule has 0 amide bonds. The summed E-state index contributed by atoms with van der Waals surface area (Å²) in [5.41, 5.74) is 0.0912. The Balaban J connectivity index is 0.000000295. The summed E-state index contributed by atoms with van der Waals surface area (Å²) in [5, 5.41) is -14.0. The molecule has 3 aromatic rings. The van der Waals surface area contributed by atoms with Gasteiger partial charge in [0.05, 0.1) is 27.1 Å². The molecule has 8 saturated carbocycles. The minimum absolute atomic E-state index is 0.0456. The van der Waals surface area contributed by atoms with Crippen LogP contribution in [0.5, 0.6) is 23.0 Å². The summed E-state index contributed by atoms with van der Waals surface area (Å²) in [6.45, 7) is 4.76. The van der Waals surface area contributed by atoms with Gasteiger partial charge in [-0.3, -0.25) is 9.59 Å². The van der Waals surface area contributed by atoms with Crippen LogP contribution in [0.4, 0.5) is 43.9 Å². The van der Waals surface area contributed by atoms with Crippen molar-refractivity contribution in [2.75, 3.05) is 14.2 Å². The number of benzene rings is 3. The topological polar surface area (TPSA) is 153 Å². The molecule has 11 nitrogen and oxygen atoms in total. The average Bonchev–Trinajstić information content (AvgIpc) is 3.29. The molecule has 0 saturated heterocycles. The smallest absolute Gasteiger partial charge is 0.467 e. The van der Waals surface area contributed by atoms with Crippen molar-refractivity contribution in [3.63, 3.8) is 0 Å². The van der Waals surface area contributed by atoms with E-state index in [0.29, 0.717) is 51.8 Å². The second-order valence-corrected chi connectivity index (χ2v) is 26.6. The number of carbonyl (C=O) groups excluding carboxylic acids is 2. The van der Waals surface area contributed by atoms with E-state index in [2.05, 4.69) is 26.0 Å². The molecule has 6 atom stereocenters. The lowest BCUT2D eigenvalue weighted by molar-refractivity contribution is -0.241. The Labute approximate surface area is 425 Å². The highest BCUT2D eigenvalue weighted by Gasteiger charge is 2.68. The quantitative estimate of drug-likeness (QED) is 0.0622. The Bertz CT molecular complexity index is 2630. The van der Waals surface area contributed by atoms with Crippen LogP contribution in [0.25, 0.3) is 4.13 Å². The first-order valence-corrected chi connectivity index (χ1v) is 28.2. The number of hydrogen-bond acceptors (Lipinski definition) is 10. The van der Waals surface area contributed by atoms with Crippen molar-refractivity contribution in [3.05, 3.63) is 70.9 Å². The summed E-state index contributed by atoms with van der Waals surface area (Å²) in [6.07, 6.45) is -0.510. The van der Waals surface area contributed by atoms with Gasteiger partial charge in [0.1, 0.15) is 10.9 Å². The van der Waals surface area contributed by atoms with Gasteiger partial charge in [-0.05, 0) is 159 Å². The number of esters is 2. The van der Waals surface area contributed by atoms with Crippen molar-refractivity contribution >= 4 is 42.9 Å². The molecule has 0 heterocycles. The van der Waals surface area contributed by atoms with Gasteiger partial charge in [0.15, 0.2) is 36.4 Å². The van der Waals surface area contributed by atoms with Crippen LogP contribution >= 0.6 is 0 Å². The Morgan fingerprint density at radius 3 is 1.23 bits per heavy atom. The van der Waals surface area contributed by atoms with Gasteiger partial charge in [-0.25, -0.2) is 16.8 Å². The molecule has 8 bridgehead atoms. The average molecular weight is 1120 g/mol. The Hall–Kier alpha value is -4.29. The number of hydrogen-bond donors (Lipinski definition) is 0. The van der Waals surface area contributed by atoms with Crippen LogP contribution in [0.1, 0.15) is 90.9 Å². The maximum Gasteiger partial charge on any atom is 0.467 e. The zero-order valence-electron chi connectivity index (χ0n) is 40.5. The summed E-state index contributed by atoms with van der Waals surface area (Å²) < 4.78 is 186. The molecule has 8 fully saturated rings. The van der Waals surface area contributed by atoms with E-state index in [0.717, 1.165) is 75.9 Å². The van der Waals surface area contributed by atoms with Crippen molar-refractivity contribution in [3.8, 4) is 23.0 Å². The van der Waals surface area contributed by atoms with Crippen molar-refractivity contribution in [2.24, 2.45) is 58.2 Å². The molecule has 0 radical (unpaired) electrons. The van der Waals surface area contributed by atoms with E-state index in [9.17, 15) is 70.3 Å². The fraction of sp³-hybridized carbons (Fsp3) is 0.600. The number of para-hydroxylation sites is 2. The number of ether oxygens (including phenoxy) is 4. The monoisotopic (exact) mass is 1120 g/mol. The van der Waals surface area contributed by atoms with E-state index in [-0.39, 0.29) is 22.8 Å². The highest BCUT2D eigenvalue weighted by Crippen LogP contribution is 2.66. The Kier molecular flexibility index (Phi) is 15.1. The Morgan fingerprint density at radius 1 is 0.554 bits per heavy atom. The van der Waals surface area contributed by atoms with Crippen molar-refractivity contribution in [1.82, 2.24) is 0 Å². The van der Waals surface area contributed by atoms with Crippen LogP contribution in [-0.4, -0.2) is 65.9 Å². The number of carbonyl (C=O) groups is 2. The molecule has 74 heavy (non-hydrogen) atoms. The first kappa shape index (κ1) is 55.9. The molecule has 8 aliphatic rings. The van der Waals surface area contributed by atoms with E-state index in [1.807, 2.05) is 54.6 Å². The molecule has 0 aromatic heterocycles. The maximum atomic E-state index is 13.9. The standard InChI is InChI=1S/C46H55O6S.C4F10NO4S2/c1-28-34-18-30-16-31(19-34)23-45(28,22-30)26-41(47)51-37-12-8-14-39(43(37)49-3)53(36-10-6-5-7-11-36)40-15-9-13-38(44(40)50-4)52-42(48)27-46-24-32-17-33(25-46)21-35(20-32)29(46)2;5-1(6,7)3(11,12)20(16,17)15-21(18,19)4(13,14)2(8,9)10/h5-15,28-35H,16-27H2,1-4H3;/q+1;-1. The van der Waals surface area contributed by atoms with Gasteiger partial charge in [-0.2, -0.15) is 43.9 Å². The molecule has 0 aliphatic heterocycles. The minimum atomic E-state index is -7.62. The fourth-order valence-corrected chi connectivity index (χ4v) is 18.5. The zero-order valence-corrected chi connectivity index (χ0v) is 42.9. The summed E-state index contributed by atoms with van der Waals surface area (Å²) in [7, 11) is -12.7. The molecular formula is C50H55F10NO10S3. The van der Waals surface area contributed by atoms with Crippen LogP contribution in [0.3, 0.4) is 0 Å². The highest BCUT2D eigenvalue weighted by molar-refractivity contribution is 8.13. The van der Waals surface area contributed by atoms with Gasteiger partial charge in [0.2, 0.25) is 21.3 Å². The van der Waals surface area contributed by atoms with Crippen molar-refractivity contribution in [2.45, 2.75) is 128 Å². The second-order valence-electron chi connectivity index (χ2n) is 21.1. The maximum absolute atomic E-state index is 13.9. The van der Waals surface area contributed by atoms with Gasteiger partial charge in [0.25, 0.3) is 0 Å². The number of sulfonamides is 2. The van der Waals surface area contributed by atoms with Crippen LogP contribution in [-0.2, 0) is 40.5 Å². The number of rotatable bonds is 15. The lowest BCUT2D eigenvalue weighted by atomic mass is 9.45. The van der Waals surface area contributed by atoms with E-state index in [1.165, 1.54) is 38.5 Å². The largest absolute Gasteiger partial charge is 0.489 e. The van der Waals surface area contributed by atoms with Gasteiger partial charge >= 0.3 is 34.8 Å². The lowest BCUT2D eigenvalue weighted by Crippen LogP contribution is -2.52. The molecule has 6 unspecified atom stereocenters.